The van der Waals surface area contributed by atoms with Crippen LogP contribution in [0.4, 0.5) is 23.7 Å². The summed E-state index contributed by atoms with van der Waals surface area (Å²) >= 11 is 1.55. The Morgan fingerprint density at radius 1 is 0.935 bits per heavy atom. The molecule has 0 spiro atoms. The van der Waals surface area contributed by atoms with Gasteiger partial charge in [-0.2, -0.15) is 13.2 Å². The number of nitrogens with one attached hydrogen (secondary N) is 1. The van der Waals surface area contributed by atoms with E-state index >= 15 is 0 Å². The Balaban J connectivity index is 1.09. The van der Waals surface area contributed by atoms with Crippen molar-refractivity contribution in [1.29, 1.82) is 0 Å². The Bertz CT molecular complexity index is 1390. The average Bonchev–Trinajstić information content (AvgIpc) is 3.51. The number of hydrogen-bond acceptors (Lipinski definition) is 5. The quantitative estimate of drug-likeness (QED) is 0.400. The second-order valence-corrected chi connectivity index (χ2v) is 14.3. The van der Waals surface area contributed by atoms with Crippen molar-refractivity contribution in [3.05, 3.63) is 51.7 Å². The van der Waals surface area contributed by atoms with Crippen LogP contribution in [0, 0.1) is 17.8 Å². The van der Waals surface area contributed by atoms with E-state index in [1.54, 1.807) is 22.3 Å². The SMILES string of the molecule is CN1CCC(C2CCN(C(=O)[C@@H](CC(=O)N3CCC(N4Cc5cscc5NC4=O)CC3)Cc3cccc(C(F)(F)F)c3)CC2)CC1. The van der Waals surface area contributed by atoms with Crippen LogP contribution < -0.4 is 5.32 Å². The Kier molecular flexibility index (Phi) is 9.94. The lowest BCUT2D eigenvalue weighted by Gasteiger charge is -2.41. The molecule has 1 aromatic carbocycles. The first-order valence-electron chi connectivity index (χ1n) is 16.6. The van der Waals surface area contributed by atoms with Gasteiger partial charge in [-0.25, -0.2) is 4.79 Å². The highest BCUT2D eigenvalue weighted by molar-refractivity contribution is 7.08. The molecule has 1 atom stereocenters. The number of nitrogens with zero attached hydrogens (tertiary/aromatic N) is 4. The van der Waals surface area contributed by atoms with Crippen molar-refractivity contribution in [2.75, 3.05) is 51.6 Å². The number of amides is 4. The second kappa shape index (κ2) is 13.9. The lowest BCUT2D eigenvalue weighted by Crippen LogP contribution is -2.51. The summed E-state index contributed by atoms with van der Waals surface area (Å²) < 4.78 is 40.5. The third-order valence-corrected chi connectivity index (χ3v) is 11.4. The number of carbonyl (C=O) groups excluding carboxylic acids is 3. The fraction of sp³-hybridized carbons (Fsp3) is 0.618. The first kappa shape index (κ1) is 32.8. The van der Waals surface area contributed by atoms with Gasteiger partial charge < -0.3 is 24.9 Å². The van der Waals surface area contributed by atoms with Gasteiger partial charge in [-0.15, -0.1) is 11.3 Å². The number of carbonyl (C=O) groups is 3. The summed E-state index contributed by atoms with van der Waals surface area (Å²) in [6.07, 6.45) is 1.02. The average molecular weight is 660 g/mol. The van der Waals surface area contributed by atoms with Crippen molar-refractivity contribution in [3.63, 3.8) is 0 Å². The van der Waals surface area contributed by atoms with Crippen LogP contribution in [0.5, 0.6) is 0 Å². The van der Waals surface area contributed by atoms with E-state index in [2.05, 4.69) is 17.3 Å². The van der Waals surface area contributed by atoms with E-state index in [4.69, 9.17) is 0 Å². The summed E-state index contributed by atoms with van der Waals surface area (Å²) in [7, 11) is 2.15. The highest BCUT2D eigenvalue weighted by Crippen LogP contribution is 2.35. The maximum atomic E-state index is 14.0. The van der Waals surface area contributed by atoms with Gasteiger partial charge in [0.15, 0.2) is 0 Å². The Hall–Kier alpha value is -3.12. The number of alkyl halides is 3. The molecule has 250 valence electrons. The van der Waals surface area contributed by atoms with Gasteiger partial charge in [0.2, 0.25) is 11.8 Å². The molecule has 5 heterocycles. The van der Waals surface area contributed by atoms with Gasteiger partial charge in [-0.05, 0) is 93.9 Å². The standard InChI is InChI=1S/C34H44F3N5O3S/c1-39-11-5-24(6-12-39)25-7-13-41(14-8-25)32(44)26(17-23-3-2-4-28(18-23)34(35,36)37)19-31(43)40-15-9-29(10-16-40)42-20-27-21-46-22-30(27)38-33(42)45/h2-4,18,21-22,24-26,29H,5-17,19-20H2,1H3,(H,38,45)/t26-/m1/s1. The van der Waals surface area contributed by atoms with Crippen LogP contribution in [0.3, 0.4) is 0 Å². The maximum absolute atomic E-state index is 14.0. The van der Waals surface area contributed by atoms with E-state index in [9.17, 15) is 27.6 Å². The first-order chi connectivity index (χ1) is 22.0. The van der Waals surface area contributed by atoms with Crippen molar-refractivity contribution in [3.8, 4) is 0 Å². The molecule has 1 N–H and O–H groups in total. The molecule has 0 saturated carbocycles. The number of hydrogen-bond donors (Lipinski definition) is 1. The molecule has 12 heteroatoms. The molecule has 3 saturated heterocycles. The normalized spacial score (nSPS) is 21.7. The number of urea groups is 1. The summed E-state index contributed by atoms with van der Waals surface area (Å²) in [6, 6.07) is 5.00. The zero-order valence-electron chi connectivity index (χ0n) is 26.4. The van der Waals surface area contributed by atoms with E-state index in [-0.39, 0.29) is 36.7 Å². The molecular formula is C34H44F3N5O3S. The van der Waals surface area contributed by atoms with Crippen molar-refractivity contribution < 1.29 is 27.6 Å². The van der Waals surface area contributed by atoms with Gasteiger partial charge in [-0.1, -0.05) is 18.2 Å². The summed E-state index contributed by atoms with van der Waals surface area (Å²) in [5.74, 6) is 0.212. The van der Waals surface area contributed by atoms with Crippen LogP contribution in [-0.4, -0.2) is 89.8 Å². The fourth-order valence-electron chi connectivity index (χ4n) is 7.81. The van der Waals surface area contributed by atoms with Crippen molar-refractivity contribution in [2.24, 2.45) is 17.8 Å². The molecule has 6 rings (SSSR count). The van der Waals surface area contributed by atoms with Gasteiger partial charge in [0, 0.05) is 49.6 Å². The van der Waals surface area contributed by atoms with E-state index in [1.165, 1.54) is 18.9 Å². The van der Waals surface area contributed by atoms with E-state index in [0.717, 1.165) is 49.3 Å². The van der Waals surface area contributed by atoms with Gasteiger partial charge in [0.25, 0.3) is 0 Å². The number of piperidine rings is 3. The fourth-order valence-corrected chi connectivity index (χ4v) is 8.60. The maximum Gasteiger partial charge on any atom is 0.416 e. The van der Waals surface area contributed by atoms with Crippen molar-refractivity contribution in [1.82, 2.24) is 19.6 Å². The number of thiophene rings is 1. The number of anilines is 1. The Morgan fingerprint density at radius 2 is 1.59 bits per heavy atom. The molecule has 2 aromatic rings. The van der Waals surface area contributed by atoms with Gasteiger partial charge in [-0.3, -0.25) is 9.59 Å². The lowest BCUT2D eigenvalue weighted by molar-refractivity contribution is -0.143. The number of benzene rings is 1. The predicted octanol–water partition coefficient (Wildman–Crippen LogP) is 5.93. The van der Waals surface area contributed by atoms with Gasteiger partial charge >= 0.3 is 12.2 Å². The first-order valence-corrected chi connectivity index (χ1v) is 17.5. The minimum absolute atomic E-state index is 0.00509. The zero-order valence-corrected chi connectivity index (χ0v) is 27.3. The second-order valence-electron chi connectivity index (χ2n) is 13.6. The number of halogens is 3. The Labute approximate surface area is 272 Å². The molecule has 0 aliphatic carbocycles. The minimum atomic E-state index is -4.48. The third-order valence-electron chi connectivity index (χ3n) is 10.6. The summed E-state index contributed by atoms with van der Waals surface area (Å²) in [4.78, 5) is 48.2. The predicted molar refractivity (Wildman–Crippen MR) is 171 cm³/mol. The molecule has 0 bridgehead atoms. The van der Waals surface area contributed by atoms with E-state index < -0.39 is 17.7 Å². The molecule has 4 aliphatic heterocycles. The number of rotatable bonds is 7. The van der Waals surface area contributed by atoms with Crippen molar-refractivity contribution in [2.45, 2.75) is 70.1 Å². The van der Waals surface area contributed by atoms with E-state index in [0.29, 0.717) is 63.0 Å². The van der Waals surface area contributed by atoms with Crippen LogP contribution in [0.15, 0.2) is 35.0 Å². The van der Waals surface area contributed by atoms with Gasteiger partial charge in [0.05, 0.1) is 23.7 Å². The summed E-state index contributed by atoms with van der Waals surface area (Å²) in [5.41, 5.74) is 1.61. The molecule has 1 aromatic heterocycles. The third kappa shape index (κ3) is 7.54. The smallest absolute Gasteiger partial charge is 0.343 e. The summed E-state index contributed by atoms with van der Waals surface area (Å²) in [6.45, 7) is 4.93. The molecule has 8 nitrogen and oxygen atoms in total. The number of fused-ring (bicyclic) bond motifs is 1. The molecule has 3 fully saturated rings. The summed E-state index contributed by atoms with van der Waals surface area (Å²) in [5, 5.41) is 6.92. The van der Waals surface area contributed by atoms with Crippen LogP contribution in [0.2, 0.25) is 0 Å². The van der Waals surface area contributed by atoms with Crippen LogP contribution in [0.25, 0.3) is 0 Å². The highest BCUT2D eigenvalue weighted by atomic mass is 32.1. The van der Waals surface area contributed by atoms with Crippen LogP contribution >= 0.6 is 11.3 Å². The molecule has 0 radical (unpaired) electrons. The Morgan fingerprint density at radius 3 is 2.26 bits per heavy atom. The van der Waals surface area contributed by atoms with Crippen LogP contribution in [-0.2, 0) is 28.7 Å². The zero-order chi connectivity index (χ0) is 32.4. The molecule has 4 amide bonds. The van der Waals surface area contributed by atoms with Crippen LogP contribution in [0.1, 0.15) is 61.6 Å². The molecule has 4 aliphatic rings. The lowest BCUT2D eigenvalue weighted by atomic mass is 9.78. The molecule has 46 heavy (non-hydrogen) atoms. The highest BCUT2D eigenvalue weighted by Gasteiger charge is 2.37. The van der Waals surface area contributed by atoms with Crippen molar-refractivity contribution >= 4 is 34.9 Å². The largest absolute Gasteiger partial charge is 0.416 e. The van der Waals surface area contributed by atoms with Gasteiger partial charge in [0.1, 0.15) is 0 Å². The molecular weight excluding hydrogens is 615 g/mol. The van der Waals surface area contributed by atoms with E-state index in [1.807, 2.05) is 20.6 Å². The monoisotopic (exact) mass is 659 g/mol. The number of likely N-dealkylation sites (tertiary alicyclic amines) is 3. The molecule has 0 unspecified atom stereocenters. The minimum Gasteiger partial charge on any atom is -0.343 e. The topological polar surface area (TPSA) is 76.2 Å².